The van der Waals surface area contributed by atoms with Gasteiger partial charge in [-0.25, -0.2) is 0 Å². The highest BCUT2D eigenvalue weighted by molar-refractivity contribution is 4.75. The van der Waals surface area contributed by atoms with Crippen LogP contribution in [0.2, 0.25) is 0 Å². The van der Waals surface area contributed by atoms with Gasteiger partial charge in [-0.3, -0.25) is 0 Å². The van der Waals surface area contributed by atoms with Gasteiger partial charge in [0.1, 0.15) is 0 Å². The molecule has 1 aliphatic heterocycles. The van der Waals surface area contributed by atoms with Crippen LogP contribution in [-0.4, -0.2) is 50.8 Å². The van der Waals surface area contributed by atoms with Crippen LogP contribution in [0.25, 0.3) is 0 Å². The normalized spacial score (nSPS) is 20.2. The van der Waals surface area contributed by atoms with Gasteiger partial charge in [0.15, 0.2) is 0 Å². The van der Waals surface area contributed by atoms with Crippen LogP contribution in [0.15, 0.2) is 0 Å². The van der Waals surface area contributed by atoms with E-state index in [0.717, 1.165) is 19.3 Å². The molecule has 1 heterocycles. The van der Waals surface area contributed by atoms with Crippen molar-refractivity contribution in [3.8, 4) is 0 Å². The molecule has 3 heteroatoms. The van der Waals surface area contributed by atoms with E-state index in [1.807, 2.05) is 0 Å². The zero-order chi connectivity index (χ0) is 13.8. The van der Waals surface area contributed by atoms with Crippen LogP contribution in [0.5, 0.6) is 0 Å². The molecule has 0 amide bonds. The molecule has 3 nitrogen and oxygen atoms in total. The average molecular weight is 270 g/mol. The number of likely N-dealkylation sites (tertiary alicyclic amines) is 1. The fraction of sp³-hybridized carbons (Fsp3) is 1.00. The first-order valence-electron chi connectivity index (χ1n) is 8.33. The summed E-state index contributed by atoms with van der Waals surface area (Å²) in [6, 6.07) is 0.782. The highest BCUT2D eigenvalue weighted by Gasteiger charge is 2.19. The number of nitrogens with zero attached hydrogens (tertiary/aromatic N) is 1. The summed E-state index contributed by atoms with van der Waals surface area (Å²) in [5.74, 6) is 0. The average Bonchev–Trinajstić information content (AvgIpc) is 2.82. The van der Waals surface area contributed by atoms with Crippen molar-refractivity contribution in [3.63, 3.8) is 0 Å². The lowest BCUT2D eigenvalue weighted by Crippen LogP contribution is -2.26. The molecule has 0 saturated carbocycles. The minimum Gasteiger partial charge on any atom is -0.381 e. The second kappa shape index (κ2) is 11.7. The first kappa shape index (κ1) is 16.9. The Balaban J connectivity index is 1.74. The largest absolute Gasteiger partial charge is 0.381 e. The molecule has 1 aliphatic rings. The Morgan fingerprint density at radius 2 is 1.95 bits per heavy atom. The van der Waals surface area contributed by atoms with E-state index in [9.17, 15) is 0 Å². The monoisotopic (exact) mass is 270 g/mol. The highest BCUT2D eigenvalue weighted by atomic mass is 16.5. The minimum atomic E-state index is 0.782. The summed E-state index contributed by atoms with van der Waals surface area (Å²) in [6.45, 7) is 7.75. The summed E-state index contributed by atoms with van der Waals surface area (Å²) < 4.78 is 5.75. The molecular weight excluding hydrogens is 236 g/mol. The van der Waals surface area contributed by atoms with Crippen molar-refractivity contribution in [3.05, 3.63) is 0 Å². The van der Waals surface area contributed by atoms with E-state index in [1.165, 1.54) is 71.0 Å². The molecular formula is C16H34N2O. The van der Waals surface area contributed by atoms with Gasteiger partial charge in [0.05, 0.1) is 0 Å². The predicted octanol–water partition coefficient (Wildman–Crippen LogP) is 3.05. The van der Waals surface area contributed by atoms with Crippen LogP contribution in [0.4, 0.5) is 0 Å². The summed E-state index contributed by atoms with van der Waals surface area (Å²) in [4.78, 5) is 2.48. The summed E-state index contributed by atoms with van der Waals surface area (Å²) in [5.41, 5.74) is 0. The number of ether oxygens (including phenoxy) is 1. The van der Waals surface area contributed by atoms with Crippen molar-refractivity contribution in [2.75, 3.05) is 39.9 Å². The van der Waals surface area contributed by atoms with E-state index < -0.39 is 0 Å². The van der Waals surface area contributed by atoms with Gasteiger partial charge in [-0.05, 0) is 65.2 Å². The van der Waals surface area contributed by atoms with Crippen LogP contribution in [0, 0.1) is 0 Å². The molecule has 1 atom stereocenters. The first-order chi connectivity index (χ1) is 9.34. The predicted molar refractivity (Wildman–Crippen MR) is 82.7 cm³/mol. The standard InChI is InChI=1S/C16H34N2O/c1-3-11-17-12-6-4-5-7-14-19-15-10-16-9-8-13-18(16)2/h16-17H,3-15H2,1-2H3. The van der Waals surface area contributed by atoms with Gasteiger partial charge in [-0.15, -0.1) is 0 Å². The molecule has 1 rings (SSSR count). The van der Waals surface area contributed by atoms with Crippen molar-refractivity contribution in [1.29, 1.82) is 0 Å². The molecule has 19 heavy (non-hydrogen) atoms. The molecule has 1 saturated heterocycles. The fourth-order valence-electron chi connectivity index (χ4n) is 2.77. The third-order valence-corrected chi connectivity index (χ3v) is 4.09. The molecule has 1 fully saturated rings. The minimum absolute atomic E-state index is 0.782. The summed E-state index contributed by atoms with van der Waals surface area (Å²) in [7, 11) is 2.24. The van der Waals surface area contributed by atoms with Crippen molar-refractivity contribution < 1.29 is 4.74 Å². The summed E-state index contributed by atoms with van der Waals surface area (Å²) in [5, 5.41) is 3.45. The first-order valence-corrected chi connectivity index (χ1v) is 8.33. The number of rotatable bonds is 12. The van der Waals surface area contributed by atoms with Crippen LogP contribution in [0.3, 0.4) is 0 Å². The van der Waals surface area contributed by atoms with Gasteiger partial charge >= 0.3 is 0 Å². The van der Waals surface area contributed by atoms with E-state index >= 15 is 0 Å². The number of nitrogens with one attached hydrogen (secondary N) is 1. The SMILES string of the molecule is CCCNCCCCCCOCCC1CCCN1C. The maximum atomic E-state index is 5.75. The summed E-state index contributed by atoms with van der Waals surface area (Å²) in [6.07, 6.45) is 10.4. The topological polar surface area (TPSA) is 24.5 Å². The van der Waals surface area contributed by atoms with E-state index in [-0.39, 0.29) is 0 Å². The zero-order valence-corrected chi connectivity index (χ0v) is 13.1. The quantitative estimate of drug-likeness (QED) is 0.552. The van der Waals surface area contributed by atoms with Gasteiger partial charge in [0, 0.05) is 19.3 Å². The molecule has 0 aromatic rings. The Kier molecular flexibility index (Phi) is 10.4. The van der Waals surface area contributed by atoms with E-state index in [0.29, 0.717) is 0 Å². The molecule has 0 aromatic carbocycles. The van der Waals surface area contributed by atoms with Crippen molar-refractivity contribution in [2.45, 2.75) is 64.3 Å². The Morgan fingerprint density at radius 3 is 2.68 bits per heavy atom. The Morgan fingerprint density at radius 1 is 1.11 bits per heavy atom. The highest BCUT2D eigenvalue weighted by Crippen LogP contribution is 2.17. The summed E-state index contributed by atoms with van der Waals surface area (Å²) >= 11 is 0. The molecule has 1 N–H and O–H groups in total. The van der Waals surface area contributed by atoms with E-state index in [2.05, 4.69) is 24.2 Å². The van der Waals surface area contributed by atoms with Crippen LogP contribution in [-0.2, 0) is 4.74 Å². The number of hydrogen-bond acceptors (Lipinski definition) is 3. The lowest BCUT2D eigenvalue weighted by molar-refractivity contribution is 0.110. The van der Waals surface area contributed by atoms with Gasteiger partial charge in [-0.1, -0.05) is 19.8 Å². The number of unbranched alkanes of at least 4 members (excludes halogenated alkanes) is 3. The molecule has 0 bridgehead atoms. The molecule has 0 radical (unpaired) electrons. The van der Waals surface area contributed by atoms with Gasteiger partial charge in [0.25, 0.3) is 0 Å². The second-order valence-electron chi connectivity index (χ2n) is 5.84. The molecule has 0 aliphatic carbocycles. The van der Waals surface area contributed by atoms with E-state index in [4.69, 9.17) is 4.74 Å². The second-order valence-corrected chi connectivity index (χ2v) is 5.84. The molecule has 0 spiro atoms. The lowest BCUT2D eigenvalue weighted by Gasteiger charge is -2.18. The Hall–Kier alpha value is -0.120. The lowest BCUT2D eigenvalue weighted by atomic mass is 10.1. The van der Waals surface area contributed by atoms with Crippen LogP contribution >= 0.6 is 0 Å². The van der Waals surface area contributed by atoms with Crippen molar-refractivity contribution in [1.82, 2.24) is 10.2 Å². The van der Waals surface area contributed by atoms with Crippen LogP contribution in [0.1, 0.15) is 58.3 Å². The fourth-order valence-corrected chi connectivity index (χ4v) is 2.77. The zero-order valence-electron chi connectivity index (χ0n) is 13.1. The third kappa shape index (κ3) is 8.61. The number of hydrogen-bond donors (Lipinski definition) is 1. The van der Waals surface area contributed by atoms with Crippen molar-refractivity contribution >= 4 is 0 Å². The van der Waals surface area contributed by atoms with Gasteiger partial charge < -0.3 is 15.0 Å². The third-order valence-electron chi connectivity index (χ3n) is 4.09. The van der Waals surface area contributed by atoms with Crippen LogP contribution < -0.4 is 5.32 Å². The molecule has 0 aromatic heterocycles. The Labute approximate surface area is 120 Å². The maximum absolute atomic E-state index is 5.75. The maximum Gasteiger partial charge on any atom is 0.0480 e. The van der Waals surface area contributed by atoms with E-state index in [1.54, 1.807) is 0 Å². The van der Waals surface area contributed by atoms with Gasteiger partial charge in [0.2, 0.25) is 0 Å². The molecule has 1 unspecified atom stereocenters. The smallest absolute Gasteiger partial charge is 0.0480 e. The Bertz CT molecular complexity index is 199. The van der Waals surface area contributed by atoms with Crippen molar-refractivity contribution in [2.24, 2.45) is 0 Å². The van der Waals surface area contributed by atoms with Gasteiger partial charge in [-0.2, -0.15) is 0 Å². The molecule has 114 valence electrons.